The predicted molar refractivity (Wildman–Crippen MR) is 84.8 cm³/mol. The Morgan fingerprint density at radius 3 is 2.36 bits per heavy atom. The van der Waals surface area contributed by atoms with E-state index in [1.807, 2.05) is 30.3 Å². The molecule has 1 aromatic heterocycles. The van der Waals surface area contributed by atoms with Gasteiger partial charge in [-0.25, -0.2) is 17.8 Å². The van der Waals surface area contributed by atoms with Crippen molar-refractivity contribution in [2.75, 3.05) is 0 Å². The summed E-state index contributed by atoms with van der Waals surface area (Å²) in [7, 11) is -3.52. The van der Waals surface area contributed by atoms with Crippen LogP contribution in [0.15, 0.2) is 64.9 Å². The van der Waals surface area contributed by atoms with E-state index in [1.165, 1.54) is 23.5 Å². The van der Waals surface area contributed by atoms with E-state index < -0.39 is 15.7 Å². The maximum absolute atomic E-state index is 12.9. The largest absolute Gasteiger partial charge is 0.240 e. The van der Waals surface area contributed by atoms with Gasteiger partial charge >= 0.3 is 0 Å². The second kappa shape index (κ2) is 5.98. The second-order valence-electron chi connectivity index (χ2n) is 4.72. The number of thiazole rings is 1. The van der Waals surface area contributed by atoms with E-state index in [9.17, 15) is 12.8 Å². The Bertz CT molecular complexity index is 872. The van der Waals surface area contributed by atoms with Crippen LogP contribution in [0.3, 0.4) is 0 Å². The van der Waals surface area contributed by atoms with Crippen LogP contribution in [0.25, 0.3) is 10.6 Å². The molecule has 3 rings (SSSR count). The van der Waals surface area contributed by atoms with Gasteiger partial charge in [0.15, 0.2) is 9.84 Å². The summed E-state index contributed by atoms with van der Waals surface area (Å²) in [5.41, 5.74) is 1.45. The number of benzene rings is 2. The molecule has 0 aliphatic carbocycles. The van der Waals surface area contributed by atoms with E-state index in [4.69, 9.17) is 0 Å². The lowest BCUT2D eigenvalue weighted by Gasteiger charge is -2.02. The molecule has 6 heteroatoms. The number of aromatic nitrogens is 1. The Morgan fingerprint density at radius 2 is 1.68 bits per heavy atom. The van der Waals surface area contributed by atoms with Crippen LogP contribution in [0.5, 0.6) is 0 Å². The maximum atomic E-state index is 12.9. The van der Waals surface area contributed by atoms with Crippen LogP contribution in [-0.4, -0.2) is 13.4 Å². The van der Waals surface area contributed by atoms with Gasteiger partial charge < -0.3 is 0 Å². The van der Waals surface area contributed by atoms with Gasteiger partial charge in [0.25, 0.3) is 0 Å². The summed E-state index contributed by atoms with van der Waals surface area (Å²) in [6.45, 7) is 0. The third-order valence-electron chi connectivity index (χ3n) is 3.08. The molecule has 0 atom stereocenters. The van der Waals surface area contributed by atoms with Gasteiger partial charge in [-0.3, -0.25) is 0 Å². The minimum Gasteiger partial charge on any atom is -0.240 e. The van der Waals surface area contributed by atoms with Gasteiger partial charge in [-0.1, -0.05) is 30.3 Å². The van der Waals surface area contributed by atoms with Gasteiger partial charge in [0.2, 0.25) is 0 Å². The molecule has 0 unspecified atom stereocenters. The third kappa shape index (κ3) is 3.23. The minimum absolute atomic E-state index is 0.100. The molecule has 0 radical (unpaired) electrons. The zero-order chi connectivity index (χ0) is 15.6. The SMILES string of the molecule is O=S(=O)(Cc1csc(-c2ccccc2)n1)c1ccc(F)cc1. The predicted octanol–water partition coefficient (Wildman–Crippen LogP) is 3.92. The van der Waals surface area contributed by atoms with Crippen LogP contribution in [-0.2, 0) is 15.6 Å². The van der Waals surface area contributed by atoms with Crippen molar-refractivity contribution in [3.63, 3.8) is 0 Å². The number of sulfone groups is 1. The summed E-state index contributed by atoms with van der Waals surface area (Å²) >= 11 is 1.41. The van der Waals surface area contributed by atoms with Crippen molar-refractivity contribution in [2.45, 2.75) is 10.6 Å². The first-order valence-electron chi connectivity index (χ1n) is 6.53. The summed E-state index contributed by atoms with van der Waals surface area (Å²) in [6.07, 6.45) is 0. The molecule has 0 aliphatic heterocycles. The Balaban J connectivity index is 1.84. The molecule has 0 amide bonds. The van der Waals surface area contributed by atoms with E-state index in [2.05, 4.69) is 4.98 Å². The Hall–Kier alpha value is -2.05. The minimum atomic E-state index is -3.52. The van der Waals surface area contributed by atoms with Crippen molar-refractivity contribution in [1.29, 1.82) is 0 Å². The molecule has 22 heavy (non-hydrogen) atoms. The molecular weight excluding hydrogens is 321 g/mol. The molecule has 0 bridgehead atoms. The zero-order valence-electron chi connectivity index (χ0n) is 11.4. The van der Waals surface area contributed by atoms with Crippen LogP contribution in [0, 0.1) is 5.82 Å². The summed E-state index contributed by atoms with van der Waals surface area (Å²) in [5, 5.41) is 2.52. The van der Waals surface area contributed by atoms with Gasteiger partial charge in [-0.2, -0.15) is 0 Å². The molecule has 0 spiro atoms. The number of nitrogens with zero attached hydrogens (tertiary/aromatic N) is 1. The molecule has 2 aromatic carbocycles. The highest BCUT2D eigenvalue weighted by atomic mass is 32.2. The first-order chi connectivity index (χ1) is 10.5. The molecule has 112 valence electrons. The van der Waals surface area contributed by atoms with E-state index >= 15 is 0 Å². The lowest BCUT2D eigenvalue weighted by molar-refractivity contribution is 0.593. The van der Waals surface area contributed by atoms with Crippen LogP contribution in [0.2, 0.25) is 0 Å². The van der Waals surface area contributed by atoms with Crippen molar-refractivity contribution in [3.05, 3.63) is 71.5 Å². The quantitative estimate of drug-likeness (QED) is 0.680. The van der Waals surface area contributed by atoms with Gasteiger partial charge in [-0.05, 0) is 24.3 Å². The van der Waals surface area contributed by atoms with Crippen molar-refractivity contribution >= 4 is 21.2 Å². The van der Waals surface area contributed by atoms with Crippen molar-refractivity contribution in [1.82, 2.24) is 4.98 Å². The molecule has 0 N–H and O–H groups in total. The van der Waals surface area contributed by atoms with Crippen LogP contribution in [0.1, 0.15) is 5.69 Å². The van der Waals surface area contributed by atoms with Crippen molar-refractivity contribution in [2.24, 2.45) is 0 Å². The van der Waals surface area contributed by atoms with E-state index in [0.29, 0.717) is 5.69 Å². The summed E-state index contributed by atoms with van der Waals surface area (Å²) in [5.74, 6) is -0.652. The van der Waals surface area contributed by atoms with Gasteiger partial charge in [-0.15, -0.1) is 11.3 Å². The highest BCUT2D eigenvalue weighted by Crippen LogP contribution is 2.25. The number of halogens is 1. The molecule has 0 aliphatic rings. The fourth-order valence-corrected chi connectivity index (χ4v) is 4.19. The highest BCUT2D eigenvalue weighted by molar-refractivity contribution is 7.90. The Morgan fingerprint density at radius 1 is 1.00 bits per heavy atom. The maximum Gasteiger partial charge on any atom is 0.184 e. The van der Waals surface area contributed by atoms with E-state index in [0.717, 1.165) is 22.7 Å². The first kappa shape index (κ1) is 14.9. The van der Waals surface area contributed by atoms with Gasteiger partial charge in [0.1, 0.15) is 10.8 Å². The molecule has 0 saturated heterocycles. The number of hydrogen-bond acceptors (Lipinski definition) is 4. The van der Waals surface area contributed by atoms with E-state index in [1.54, 1.807) is 5.38 Å². The highest BCUT2D eigenvalue weighted by Gasteiger charge is 2.17. The topological polar surface area (TPSA) is 47.0 Å². The summed E-state index contributed by atoms with van der Waals surface area (Å²) in [4.78, 5) is 4.47. The van der Waals surface area contributed by atoms with Crippen molar-refractivity contribution < 1.29 is 12.8 Å². The fraction of sp³-hybridized carbons (Fsp3) is 0.0625. The molecule has 1 heterocycles. The van der Waals surface area contributed by atoms with Gasteiger partial charge in [0.05, 0.1) is 16.3 Å². The van der Waals surface area contributed by atoms with Crippen LogP contribution in [0.4, 0.5) is 4.39 Å². The average Bonchev–Trinajstić information content (AvgIpc) is 2.96. The Labute approximate surface area is 132 Å². The van der Waals surface area contributed by atoms with Gasteiger partial charge in [0, 0.05) is 10.9 Å². The lowest BCUT2D eigenvalue weighted by Crippen LogP contribution is -2.05. The molecule has 3 nitrogen and oxygen atoms in total. The molecule has 3 aromatic rings. The average molecular weight is 333 g/mol. The Kier molecular flexibility index (Phi) is 4.04. The molecule has 0 saturated carbocycles. The monoisotopic (exact) mass is 333 g/mol. The summed E-state index contributed by atoms with van der Waals surface area (Å²) < 4.78 is 37.5. The smallest absolute Gasteiger partial charge is 0.184 e. The lowest BCUT2D eigenvalue weighted by atomic mass is 10.2. The van der Waals surface area contributed by atoms with Crippen LogP contribution >= 0.6 is 11.3 Å². The molecular formula is C16H12FNO2S2. The normalized spacial score (nSPS) is 11.5. The number of rotatable bonds is 4. The number of hydrogen-bond donors (Lipinski definition) is 0. The standard InChI is InChI=1S/C16H12FNO2S2/c17-13-6-8-15(9-7-13)22(19,20)11-14-10-21-16(18-14)12-4-2-1-3-5-12/h1-10H,11H2. The zero-order valence-corrected chi connectivity index (χ0v) is 13.1. The fourth-order valence-electron chi connectivity index (χ4n) is 2.01. The van der Waals surface area contributed by atoms with Crippen molar-refractivity contribution in [3.8, 4) is 10.6 Å². The summed E-state index contributed by atoms with van der Waals surface area (Å²) in [6, 6.07) is 14.4. The third-order valence-corrected chi connectivity index (χ3v) is 5.69. The first-order valence-corrected chi connectivity index (χ1v) is 9.06. The molecule has 0 fully saturated rings. The van der Waals surface area contributed by atoms with Crippen LogP contribution < -0.4 is 0 Å². The van der Waals surface area contributed by atoms with E-state index in [-0.39, 0.29) is 10.6 Å². The second-order valence-corrected chi connectivity index (χ2v) is 7.57.